The van der Waals surface area contributed by atoms with Crippen LogP contribution in [-0.4, -0.2) is 67.7 Å². The van der Waals surface area contributed by atoms with E-state index in [1.807, 2.05) is 18.1 Å². The lowest BCUT2D eigenvalue weighted by Gasteiger charge is -2.27. The first kappa shape index (κ1) is 34.4. The van der Waals surface area contributed by atoms with Gasteiger partial charge >= 0.3 is 6.18 Å². The number of nitrogens with one attached hydrogen (secondary N) is 2. The number of carbonyl (C=O) groups excluding carboxylic acids is 1. The fraction of sp³-hybridized carbons (Fsp3) is 0.419. The summed E-state index contributed by atoms with van der Waals surface area (Å²) in [6, 6.07) is 8.04. The Bertz CT molecular complexity index is 1340. The Balaban J connectivity index is 0.000000662. The summed E-state index contributed by atoms with van der Waals surface area (Å²) in [7, 11) is 1.93. The summed E-state index contributed by atoms with van der Waals surface area (Å²) < 4.78 is 44.0. The number of anilines is 1. The van der Waals surface area contributed by atoms with Gasteiger partial charge in [-0.15, -0.1) is 0 Å². The molecule has 2 aliphatic heterocycles. The first-order valence-electron chi connectivity index (χ1n) is 14.5. The minimum absolute atomic E-state index is 0.197. The molecular weight excluding hydrogens is 573 g/mol. The molecule has 238 valence electrons. The number of amidine groups is 1. The standard InChI is InChI=1S/C26H30F3N7O.C5H11NO/c1-17(16-31-2)5-4-13-36-14-12-34-24(30)23(36)22(32-3)18-6-8-19(9-7-18)25(37)35-21-15-20(10-11-33-21)26(27,28)29;6-4-5-2-1-3-7-5/h6-12,14-15,17,31H,3-5,13,16H2,1-2H3,(H2,30,34)(H,33,35,37);5H,1-4,6H2/b23-22-;. The number of nitrogens with two attached hydrogens (primary N) is 2. The van der Waals surface area contributed by atoms with Gasteiger partial charge in [0.1, 0.15) is 17.4 Å². The smallest absolute Gasteiger partial charge is 0.382 e. The van der Waals surface area contributed by atoms with E-state index in [1.54, 1.807) is 30.5 Å². The third-order valence-electron chi connectivity index (χ3n) is 7.06. The van der Waals surface area contributed by atoms with Crippen molar-refractivity contribution in [3.63, 3.8) is 0 Å². The average molecular weight is 615 g/mol. The van der Waals surface area contributed by atoms with Crippen LogP contribution in [0.25, 0.3) is 5.70 Å². The molecule has 3 heterocycles. The van der Waals surface area contributed by atoms with Gasteiger partial charge in [-0.3, -0.25) is 9.79 Å². The lowest BCUT2D eigenvalue weighted by atomic mass is 10.0. The number of aromatic nitrogens is 1. The van der Waals surface area contributed by atoms with Crippen LogP contribution in [0, 0.1) is 5.92 Å². The van der Waals surface area contributed by atoms with E-state index in [4.69, 9.17) is 16.2 Å². The maximum absolute atomic E-state index is 12.9. The van der Waals surface area contributed by atoms with Crippen molar-refractivity contribution in [2.45, 2.75) is 44.9 Å². The van der Waals surface area contributed by atoms with E-state index in [9.17, 15) is 18.0 Å². The zero-order valence-electron chi connectivity index (χ0n) is 25.1. The second-order valence-electron chi connectivity index (χ2n) is 10.5. The zero-order valence-corrected chi connectivity index (χ0v) is 25.1. The summed E-state index contributed by atoms with van der Waals surface area (Å²) in [5.74, 6) is 0.0277. The Hall–Kier alpha value is -4.07. The SMILES string of the molecule is C=N/C(=C1/C(N)=NC=CN1CCCC(C)CNC)c1ccc(C(=O)Nc2cc(C(F)(F)F)ccn2)cc1.NCC1CCCO1. The molecule has 2 atom stereocenters. The van der Waals surface area contributed by atoms with Gasteiger partial charge in [0, 0.05) is 49.4 Å². The van der Waals surface area contributed by atoms with Crippen molar-refractivity contribution >= 4 is 30.0 Å². The van der Waals surface area contributed by atoms with Crippen molar-refractivity contribution in [1.82, 2.24) is 15.2 Å². The van der Waals surface area contributed by atoms with Crippen LogP contribution in [0.15, 0.2) is 70.7 Å². The second-order valence-corrected chi connectivity index (χ2v) is 10.5. The Morgan fingerprint density at radius 1 is 1.25 bits per heavy atom. The predicted octanol–water partition coefficient (Wildman–Crippen LogP) is 4.63. The number of hydrogen-bond donors (Lipinski definition) is 4. The van der Waals surface area contributed by atoms with Gasteiger partial charge in [-0.25, -0.2) is 9.98 Å². The fourth-order valence-corrected chi connectivity index (χ4v) is 4.76. The highest BCUT2D eigenvalue weighted by atomic mass is 19.4. The van der Waals surface area contributed by atoms with E-state index in [0.717, 1.165) is 50.7 Å². The molecule has 2 aromatic rings. The van der Waals surface area contributed by atoms with E-state index < -0.39 is 17.6 Å². The highest BCUT2D eigenvalue weighted by Crippen LogP contribution is 2.30. The molecule has 1 saturated heterocycles. The Morgan fingerprint density at radius 3 is 2.57 bits per heavy atom. The van der Waals surface area contributed by atoms with Crippen LogP contribution < -0.4 is 22.1 Å². The number of benzene rings is 1. The van der Waals surface area contributed by atoms with Crippen molar-refractivity contribution in [3.05, 3.63) is 77.4 Å². The maximum atomic E-state index is 12.9. The van der Waals surface area contributed by atoms with Crippen LogP contribution in [0.5, 0.6) is 0 Å². The lowest BCUT2D eigenvalue weighted by Crippen LogP contribution is -2.32. The lowest BCUT2D eigenvalue weighted by molar-refractivity contribution is -0.137. The van der Waals surface area contributed by atoms with E-state index in [0.29, 0.717) is 47.9 Å². The van der Waals surface area contributed by atoms with Gasteiger partial charge in [-0.1, -0.05) is 19.1 Å². The van der Waals surface area contributed by atoms with Crippen molar-refractivity contribution in [1.29, 1.82) is 0 Å². The van der Waals surface area contributed by atoms with Crippen molar-refractivity contribution in [3.8, 4) is 0 Å². The third kappa shape index (κ3) is 10.00. The molecule has 6 N–H and O–H groups in total. The second kappa shape index (κ2) is 16.7. The van der Waals surface area contributed by atoms with Gasteiger partial charge in [0.05, 0.1) is 17.4 Å². The van der Waals surface area contributed by atoms with Crippen molar-refractivity contribution in [2.75, 3.05) is 38.6 Å². The number of pyridine rings is 1. The molecule has 1 aromatic heterocycles. The molecule has 13 heteroatoms. The average Bonchev–Trinajstić information content (AvgIpc) is 3.54. The predicted molar refractivity (Wildman–Crippen MR) is 168 cm³/mol. The molecule has 2 aliphatic rings. The molecule has 1 amide bonds. The summed E-state index contributed by atoms with van der Waals surface area (Å²) >= 11 is 0. The summed E-state index contributed by atoms with van der Waals surface area (Å²) in [5.41, 5.74) is 12.6. The van der Waals surface area contributed by atoms with Crippen molar-refractivity contribution < 1.29 is 22.7 Å². The van der Waals surface area contributed by atoms with Gasteiger partial charge in [-0.05, 0) is 76.2 Å². The molecule has 4 rings (SSSR count). The number of ether oxygens (including phenoxy) is 1. The molecule has 0 saturated carbocycles. The molecule has 1 fully saturated rings. The quantitative estimate of drug-likeness (QED) is 0.270. The molecule has 0 spiro atoms. The van der Waals surface area contributed by atoms with Gasteiger partial charge in [0.15, 0.2) is 0 Å². The molecule has 0 bridgehead atoms. The minimum Gasteiger partial charge on any atom is -0.382 e. The van der Waals surface area contributed by atoms with Crippen LogP contribution >= 0.6 is 0 Å². The van der Waals surface area contributed by atoms with Crippen LogP contribution in [0.1, 0.15) is 54.1 Å². The Morgan fingerprint density at radius 2 is 1.98 bits per heavy atom. The number of rotatable bonds is 11. The first-order valence-corrected chi connectivity index (χ1v) is 14.5. The summed E-state index contributed by atoms with van der Waals surface area (Å²) in [6.07, 6.45) is 4.61. The van der Waals surface area contributed by atoms with E-state index in [2.05, 4.69) is 39.2 Å². The van der Waals surface area contributed by atoms with Crippen LogP contribution in [-0.2, 0) is 10.9 Å². The normalized spacial score (nSPS) is 18.2. The number of halogens is 3. The molecule has 2 unspecified atom stereocenters. The van der Waals surface area contributed by atoms with Crippen molar-refractivity contribution in [2.24, 2.45) is 27.4 Å². The molecule has 44 heavy (non-hydrogen) atoms. The highest BCUT2D eigenvalue weighted by molar-refractivity contribution is 6.06. The van der Waals surface area contributed by atoms with Crippen LogP contribution in [0.3, 0.4) is 0 Å². The number of carbonyl (C=O) groups is 1. The number of nitrogens with zero attached hydrogens (tertiary/aromatic N) is 4. The summed E-state index contributed by atoms with van der Waals surface area (Å²) in [5, 5.41) is 5.57. The van der Waals surface area contributed by atoms with E-state index in [1.165, 1.54) is 6.42 Å². The van der Waals surface area contributed by atoms with Gasteiger partial charge in [0.2, 0.25) is 0 Å². The van der Waals surface area contributed by atoms with Gasteiger partial charge in [0.25, 0.3) is 5.91 Å². The monoisotopic (exact) mass is 614 g/mol. The summed E-state index contributed by atoms with van der Waals surface area (Å²) in [4.78, 5) is 26.8. The Labute approximate surface area is 256 Å². The zero-order chi connectivity index (χ0) is 32.1. The van der Waals surface area contributed by atoms with E-state index >= 15 is 0 Å². The summed E-state index contributed by atoms with van der Waals surface area (Å²) in [6.45, 7) is 9.14. The minimum atomic E-state index is -4.54. The molecule has 0 aliphatic carbocycles. The van der Waals surface area contributed by atoms with Gasteiger partial charge < -0.3 is 31.7 Å². The molecule has 10 nitrogen and oxygen atoms in total. The number of amides is 1. The maximum Gasteiger partial charge on any atom is 0.416 e. The largest absolute Gasteiger partial charge is 0.416 e. The molecule has 1 aromatic carbocycles. The first-order chi connectivity index (χ1) is 21.1. The number of hydrogen-bond acceptors (Lipinski definition) is 9. The van der Waals surface area contributed by atoms with Crippen LogP contribution in [0.2, 0.25) is 0 Å². The highest BCUT2D eigenvalue weighted by Gasteiger charge is 2.31. The molecule has 0 radical (unpaired) electrons. The van der Waals surface area contributed by atoms with Gasteiger partial charge in [-0.2, -0.15) is 13.2 Å². The van der Waals surface area contributed by atoms with E-state index in [-0.39, 0.29) is 11.4 Å². The fourth-order valence-electron chi connectivity index (χ4n) is 4.76. The molecular formula is C31H41F3N8O2. The third-order valence-corrected chi connectivity index (χ3v) is 7.06. The number of alkyl halides is 3. The topological polar surface area (TPSA) is 143 Å². The number of aliphatic imine (C=N–C) groups is 2. The van der Waals surface area contributed by atoms with Crippen LogP contribution in [0.4, 0.5) is 19.0 Å². The Kier molecular flexibility index (Phi) is 13.1.